The van der Waals surface area contributed by atoms with Gasteiger partial charge in [0.05, 0.1) is 28.4 Å². The van der Waals surface area contributed by atoms with E-state index in [9.17, 15) is 0 Å². The lowest BCUT2D eigenvalue weighted by atomic mass is 10.3. The van der Waals surface area contributed by atoms with Crippen molar-refractivity contribution in [1.82, 2.24) is 4.98 Å². The van der Waals surface area contributed by atoms with Crippen molar-refractivity contribution in [3.8, 4) is 5.75 Å². The molecule has 2 aromatic carbocycles. The molecule has 0 bridgehead atoms. The van der Waals surface area contributed by atoms with Crippen molar-refractivity contribution in [2.45, 2.75) is 26.7 Å². The summed E-state index contributed by atoms with van der Waals surface area (Å²) in [5.74, 6) is 0.854. The third-order valence-electron chi connectivity index (χ3n) is 4.19. The number of benzene rings is 2. The molecule has 2 heterocycles. The average molecular weight is 436 g/mol. The van der Waals surface area contributed by atoms with E-state index in [0.717, 1.165) is 51.8 Å². The molecule has 6 nitrogen and oxygen atoms in total. The maximum atomic E-state index is 5.66. The van der Waals surface area contributed by atoms with Crippen molar-refractivity contribution in [2.75, 3.05) is 6.61 Å². The van der Waals surface area contributed by atoms with Crippen LogP contribution in [-0.4, -0.2) is 11.6 Å². The molecular formula is C22H21N5OS2. The Kier molecular flexibility index (Phi) is 6.56. The molecule has 0 radical (unpaired) electrons. The smallest absolute Gasteiger partial charge is 0.231 e. The summed E-state index contributed by atoms with van der Waals surface area (Å²) >= 11 is 3.22. The molecule has 0 aliphatic heterocycles. The minimum atomic E-state index is 0.669. The van der Waals surface area contributed by atoms with Gasteiger partial charge in [-0.15, -0.1) is 21.6 Å². The predicted molar refractivity (Wildman–Crippen MR) is 124 cm³/mol. The molecule has 4 rings (SSSR count). The largest absolute Gasteiger partial charge is 0.494 e. The maximum absolute atomic E-state index is 5.66. The molecule has 8 heteroatoms. The molecule has 0 saturated heterocycles. The van der Waals surface area contributed by atoms with E-state index in [1.807, 2.05) is 48.5 Å². The lowest BCUT2D eigenvalue weighted by molar-refractivity contribution is 0.309. The van der Waals surface area contributed by atoms with Crippen LogP contribution in [0.5, 0.6) is 5.75 Å². The normalized spacial score (nSPS) is 11.8. The van der Waals surface area contributed by atoms with Gasteiger partial charge in [0, 0.05) is 4.88 Å². The number of unbranched alkanes of at least 4 members (excludes halogenated alkanes) is 1. The fourth-order valence-corrected chi connectivity index (χ4v) is 4.57. The van der Waals surface area contributed by atoms with Crippen LogP contribution in [0.15, 0.2) is 75.1 Å². The van der Waals surface area contributed by atoms with Gasteiger partial charge in [-0.2, -0.15) is 10.2 Å². The van der Waals surface area contributed by atoms with Crippen molar-refractivity contribution < 1.29 is 4.74 Å². The van der Waals surface area contributed by atoms with Gasteiger partial charge in [-0.05, 0) is 67.9 Å². The van der Waals surface area contributed by atoms with Gasteiger partial charge in [0.15, 0.2) is 0 Å². The quantitative estimate of drug-likeness (QED) is 0.205. The van der Waals surface area contributed by atoms with E-state index < -0.39 is 0 Å². The van der Waals surface area contributed by atoms with Gasteiger partial charge in [0.1, 0.15) is 10.6 Å². The Labute approximate surface area is 183 Å². The number of ether oxygens (including phenoxy) is 1. The molecule has 0 saturated carbocycles. The van der Waals surface area contributed by atoms with E-state index in [0.29, 0.717) is 5.13 Å². The Morgan fingerprint density at radius 3 is 2.03 bits per heavy atom. The van der Waals surface area contributed by atoms with Crippen molar-refractivity contribution >= 4 is 54.4 Å². The van der Waals surface area contributed by atoms with E-state index in [2.05, 4.69) is 45.4 Å². The summed E-state index contributed by atoms with van der Waals surface area (Å²) in [6.45, 7) is 4.96. The molecule has 0 atom stereocenters. The molecule has 0 fully saturated rings. The molecule has 0 spiro atoms. The number of aryl methyl sites for hydroxylation is 1. The van der Waals surface area contributed by atoms with Crippen molar-refractivity contribution in [3.63, 3.8) is 0 Å². The zero-order valence-corrected chi connectivity index (χ0v) is 18.4. The number of nitrogens with zero attached hydrogens (tertiary/aromatic N) is 5. The van der Waals surface area contributed by atoms with Crippen LogP contribution in [0.25, 0.3) is 9.53 Å². The van der Waals surface area contributed by atoms with Crippen LogP contribution in [0.1, 0.15) is 24.6 Å². The van der Waals surface area contributed by atoms with Gasteiger partial charge in [-0.1, -0.05) is 24.7 Å². The Hall–Kier alpha value is -2.97. The number of thiazole rings is 1. The zero-order chi connectivity index (χ0) is 20.8. The minimum Gasteiger partial charge on any atom is -0.494 e. The van der Waals surface area contributed by atoms with Gasteiger partial charge in [-0.25, -0.2) is 4.98 Å². The highest BCUT2D eigenvalue weighted by Gasteiger charge is 2.06. The number of hydrogen-bond acceptors (Lipinski definition) is 8. The summed E-state index contributed by atoms with van der Waals surface area (Å²) in [7, 11) is 0. The second-order valence-corrected chi connectivity index (χ2v) is 8.88. The maximum Gasteiger partial charge on any atom is 0.231 e. The van der Waals surface area contributed by atoms with E-state index in [-0.39, 0.29) is 0 Å². The molecule has 4 aromatic rings. The van der Waals surface area contributed by atoms with E-state index in [1.54, 1.807) is 22.7 Å². The van der Waals surface area contributed by atoms with E-state index in [1.165, 1.54) is 4.88 Å². The second kappa shape index (κ2) is 9.69. The summed E-state index contributed by atoms with van der Waals surface area (Å²) < 4.78 is 6.81. The molecule has 0 amide bonds. The third-order valence-corrected chi connectivity index (χ3v) is 6.15. The topological polar surface area (TPSA) is 71.6 Å². The third kappa shape index (κ3) is 5.34. The molecule has 152 valence electrons. The molecular weight excluding hydrogens is 414 g/mol. The summed E-state index contributed by atoms with van der Waals surface area (Å²) in [5.41, 5.74) is 2.28. The highest BCUT2D eigenvalue weighted by atomic mass is 32.1. The summed E-state index contributed by atoms with van der Waals surface area (Å²) in [6.07, 6.45) is 2.18. The van der Waals surface area contributed by atoms with Crippen LogP contribution in [-0.2, 0) is 0 Å². The highest BCUT2D eigenvalue weighted by Crippen LogP contribution is 2.34. The average Bonchev–Trinajstić information content (AvgIpc) is 3.29. The lowest BCUT2D eigenvalue weighted by Crippen LogP contribution is -1.95. The Morgan fingerprint density at radius 1 is 0.833 bits per heavy atom. The summed E-state index contributed by atoms with van der Waals surface area (Å²) in [5, 5.41) is 17.7. The van der Waals surface area contributed by atoms with Crippen LogP contribution in [0.3, 0.4) is 0 Å². The first-order valence-corrected chi connectivity index (χ1v) is 11.4. The van der Waals surface area contributed by atoms with Gasteiger partial charge >= 0.3 is 0 Å². The SMILES string of the molecule is CCCCOc1ccc(N=Nc2ccc(N=Nc3nc4sc(C)cc4s3)cc2)cc1. The fraction of sp³-hybridized carbons (Fsp3) is 0.227. The van der Waals surface area contributed by atoms with Gasteiger partial charge in [0.2, 0.25) is 5.13 Å². The Balaban J connectivity index is 1.35. The fourth-order valence-electron chi connectivity index (χ4n) is 2.63. The molecule has 0 aliphatic rings. The number of hydrogen-bond donors (Lipinski definition) is 0. The van der Waals surface area contributed by atoms with Crippen molar-refractivity contribution in [2.24, 2.45) is 20.5 Å². The van der Waals surface area contributed by atoms with Gasteiger partial charge in [-0.3, -0.25) is 0 Å². The number of fused-ring (bicyclic) bond motifs is 1. The molecule has 0 unspecified atom stereocenters. The van der Waals surface area contributed by atoms with Gasteiger partial charge < -0.3 is 4.74 Å². The van der Waals surface area contributed by atoms with E-state index >= 15 is 0 Å². The summed E-state index contributed by atoms with van der Waals surface area (Å²) in [4.78, 5) is 6.76. The van der Waals surface area contributed by atoms with Crippen LogP contribution in [0.4, 0.5) is 22.2 Å². The zero-order valence-electron chi connectivity index (χ0n) is 16.8. The predicted octanol–water partition coefficient (Wildman–Crippen LogP) is 8.68. The van der Waals surface area contributed by atoms with Crippen LogP contribution < -0.4 is 4.74 Å². The van der Waals surface area contributed by atoms with E-state index in [4.69, 9.17) is 4.74 Å². The number of thiophene rings is 1. The standard InChI is InChI=1S/C22H21N5OS2/c1-3-4-13-28-19-11-9-18(10-12-19)25-24-16-5-7-17(8-6-16)26-27-22-23-21-20(30-22)14-15(2)29-21/h5-12,14H,3-4,13H2,1-2H3. The first-order chi connectivity index (χ1) is 14.7. The Bertz CT molecular complexity index is 1130. The van der Waals surface area contributed by atoms with Crippen LogP contribution in [0, 0.1) is 6.92 Å². The van der Waals surface area contributed by atoms with Crippen LogP contribution >= 0.6 is 22.7 Å². The second-order valence-electron chi connectivity index (χ2n) is 6.64. The van der Waals surface area contributed by atoms with Crippen molar-refractivity contribution in [3.05, 3.63) is 59.5 Å². The first-order valence-electron chi connectivity index (χ1n) is 9.73. The summed E-state index contributed by atoms with van der Waals surface area (Å²) in [6, 6.07) is 17.2. The lowest BCUT2D eigenvalue weighted by Gasteiger charge is -2.04. The molecule has 2 aromatic heterocycles. The minimum absolute atomic E-state index is 0.669. The Morgan fingerprint density at radius 2 is 1.43 bits per heavy atom. The number of aromatic nitrogens is 1. The molecule has 30 heavy (non-hydrogen) atoms. The number of rotatable bonds is 8. The highest BCUT2D eigenvalue weighted by molar-refractivity contribution is 7.28. The monoisotopic (exact) mass is 435 g/mol. The molecule has 0 aliphatic carbocycles. The molecule has 0 N–H and O–H groups in total. The van der Waals surface area contributed by atoms with Crippen LogP contribution in [0.2, 0.25) is 0 Å². The number of azo groups is 2. The van der Waals surface area contributed by atoms with Gasteiger partial charge in [0.25, 0.3) is 0 Å². The first kappa shape index (κ1) is 20.3. The van der Waals surface area contributed by atoms with Crippen molar-refractivity contribution in [1.29, 1.82) is 0 Å².